The number of rotatable bonds is 7. The van der Waals surface area contributed by atoms with Crippen molar-refractivity contribution in [2.45, 2.75) is 19.3 Å². The van der Waals surface area contributed by atoms with E-state index in [0.29, 0.717) is 11.3 Å². The van der Waals surface area contributed by atoms with Gasteiger partial charge in [-0.25, -0.2) is 4.79 Å². The molecule has 146 valence electrons. The summed E-state index contributed by atoms with van der Waals surface area (Å²) in [7, 11) is 1.37. The first kappa shape index (κ1) is 18.7. The Labute approximate surface area is 169 Å². The number of aryl methyl sites for hydroxylation is 2. The topological polar surface area (TPSA) is 67.0 Å². The fourth-order valence-corrected chi connectivity index (χ4v) is 3.51. The lowest BCUT2D eigenvalue weighted by atomic mass is 10.0. The molecule has 0 amide bonds. The highest BCUT2D eigenvalue weighted by molar-refractivity contribution is 5.96. The second-order valence-corrected chi connectivity index (χ2v) is 6.95. The van der Waals surface area contributed by atoms with Gasteiger partial charge in [0.2, 0.25) is 0 Å². The molecule has 5 heteroatoms. The average Bonchev–Trinajstić information content (AvgIpc) is 3.18. The standard InChI is InChI=1S/C24H23N3O2/c1-29-24(28)21-16-25-14-13-23(21)27-19-11-9-17(10-12-19)5-4-6-18-15-26-22-8-3-2-7-20(18)22/h2-3,7-16,26H,4-6H2,1H3,(H,25,27). The van der Waals surface area contributed by atoms with Crippen molar-refractivity contribution in [3.05, 3.63) is 89.9 Å². The lowest BCUT2D eigenvalue weighted by molar-refractivity contribution is 0.0601. The van der Waals surface area contributed by atoms with Crippen molar-refractivity contribution in [3.63, 3.8) is 0 Å². The minimum absolute atomic E-state index is 0.408. The van der Waals surface area contributed by atoms with Crippen molar-refractivity contribution >= 4 is 28.2 Å². The van der Waals surface area contributed by atoms with Gasteiger partial charge in [-0.15, -0.1) is 0 Å². The molecule has 2 N–H and O–H groups in total. The van der Waals surface area contributed by atoms with E-state index in [1.54, 1.807) is 12.3 Å². The van der Waals surface area contributed by atoms with Gasteiger partial charge in [0.15, 0.2) is 0 Å². The number of aromatic amines is 1. The van der Waals surface area contributed by atoms with Crippen LogP contribution in [0.2, 0.25) is 0 Å². The number of hydrogen-bond acceptors (Lipinski definition) is 4. The van der Waals surface area contributed by atoms with Crippen LogP contribution in [0.25, 0.3) is 10.9 Å². The smallest absolute Gasteiger partial charge is 0.341 e. The van der Waals surface area contributed by atoms with Crippen molar-refractivity contribution in [1.29, 1.82) is 0 Å². The number of benzene rings is 2. The molecule has 0 bridgehead atoms. The van der Waals surface area contributed by atoms with Gasteiger partial charge in [-0.3, -0.25) is 4.98 Å². The molecule has 0 unspecified atom stereocenters. The van der Waals surface area contributed by atoms with Crippen molar-refractivity contribution in [2.24, 2.45) is 0 Å². The summed E-state index contributed by atoms with van der Waals surface area (Å²) >= 11 is 0. The van der Waals surface area contributed by atoms with E-state index in [-0.39, 0.29) is 0 Å². The van der Waals surface area contributed by atoms with Crippen molar-refractivity contribution < 1.29 is 9.53 Å². The summed E-state index contributed by atoms with van der Waals surface area (Å²) in [5.41, 5.74) is 5.86. The van der Waals surface area contributed by atoms with E-state index in [2.05, 4.69) is 57.9 Å². The monoisotopic (exact) mass is 385 g/mol. The average molecular weight is 385 g/mol. The number of ether oxygens (including phenoxy) is 1. The fourth-order valence-electron chi connectivity index (χ4n) is 3.51. The molecule has 0 radical (unpaired) electrons. The van der Waals surface area contributed by atoms with Gasteiger partial charge in [0.05, 0.1) is 12.8 Å². The first-order valence-electron chi connectivity index (χ1n) is 9.68. The summed E-state index contributed by atoms with van der Waals surface area (Å²) in [5, 5.41) is 4.58. The highest BCUT2D eigenvalue weighted by atomic mass is 16.5. The van der Waals surface area contributed by atoms with Crippen molar-refractivity contribution in [1.82, 2.24) is 9.97 Å². The van der Waals surface area contributed by atoms with Crippen LogP contribution in [0.3, 0.4) is 0 Å². The highest BCUT2D eigenvalue weighted by Gasteiger charge is 2.11. The Morgan fingerprint density at radius 1 is 1.07 bits per heavy atom. The molecule has 2 aromatic carbocycles. The SMILES string of the molecule is COC(=O)c1cnccc1Nc1ccc(CCCc2c[nH]c3ccccc23)cc1. The molecule has 29 heavy (non-hydrogen) atoms. The third kappa shape index (κ3) is 4.29. The lowest BCUT2D eigenvalue weighted by Gasteiger charge is -2.11. The van der Waals surface area contributed by atoms with Gasteiger partial charge in [0.25, 0.3) is 0 Å². The van der Waals surface area contributed by atoms with Crippen LogP contribution in [0.5, 0.6) is 0 Å². The number of carbonyl (C=O) groups is 1. The quantitative estimate of drug-likeness (QED) is 0.425. The Morgan fingerprint density at radius 3 is 2.72 bits per heavy atom. The Balaban J connectivity index is 1.37. The van der Waals surface area contributed by atoms with Crippen molar-refractivity contribution in [2.75, 3.05) is 12.4 Å². The number of esters is 1. The van der Waals surface area contributed by atoms with E-state index in [1.165, 1.54) is 35.3 Å². The van der Waals surface area contributed by atoms with Crippen LogP contribution < -0.4 is 5.32 Å². The zero-order valence-corrected chi connectivity index (χ0v) is 16.3. The molecular formula is C24H23N3O2. The minimum atomic E-state index is -0.408. The van der Waals surface area contributed by atoms with E-state index >= 15 is 0 Å². The van der Waals surface area contributed by atoms with Gasteiger partial charge in [0, 0.05) is 35.2 Å². The van der Waals surface area contributed by atoms with Gasteiger partial charge in [-0.1, -0.05) is 30.3 Å². The molecule has 5 nitrogen and oxygen atoms in total. The fraction of sp³-hybridized carbons (Fsp3) is 0.167. The van der Waals surface area contributed by atoms with Crippen molar-refractivity contribution in [3.8, 4) is 0 Å². The van der Waals surface area contributed by atoms with Gasteiger partial charge in [0.1, 0.15) is 5.56 Å². The number of fused-ring (bicyclic) bond motifs is 1. The third-order valence-corrected chi connectivity index (χ3v) is 5.05. The van der Waals surface area contributed by atoms with E-state index < -0.39 is 5.97 Å². The summed E-state index contributed by atoms with van der Waals surface area (Å²) in [6, 6.07) is 18.5. The van der Waals surface area contributed by atoms with E-state index in [0.717, 1.165) is 24.9 Å². The number of H-pyrrole nitrogens is 1. The number of para-hydroxylation sites is 1. The van der Waals surface area contributed by atoms with Crippen LogP contribution in [0, 0.1) is 0 Å². The first-order valence-corrected chi connectivity index (χ1v) is 9.68. The molecule has 2 heterocycles. The van der Waals surface area contributed by atoms with E-state index in [9.17, 15) is 4.79 Å². The maximum absolute atomic E-state index is 11.9. The molecule has 4 aromatic rings. The third-order valence-electron chi connectivity index (χ3n) is 5.05. The number of carbonyl (C=O) groups excluding carboxylic acids is 1. The van der Waals surface area contributed by atoms with Gasteiger partial charge >= 0.3 is 5.97 Å². The Bertz CT molecular complexity index is 1120. The molecule has 0 saturated heterocycles. The zero-order chi connectivity index (χ0) is 20.1. The number of aromatic nitrogens is 2. The number of anilines is 2. The summed E-state index contributed by atoms with van der Waals surface area (Å²) in [5.74, 6) is -0.408. The number of nitrogens with zero attached hydrogens (tertiary/aromatic N) is 1. The largest absolute Gasteiger partial charge is 0.465 e. The number of methoxy groups -OCH3 is 1. The molecule has 0 atom stereocenters. The van der Waals surface area contributed by atoms with E-state index in [4.69, 9.17) is 4.74 Å². The van der Waals surface area contributed by atoms with Crippen LogP contribution in [-0.2, 0) is 17.6 Å². The molecule has 4 rings (SSSR count). The minimum Gasteiger partial charge on any atom is -0.465 e. The molecule has 0 aliphatic heterocycles. The summed E-state index contributed by atoms with van der Waals surface area (Å²) in [6.45, 7) is 0. The van der Waals surface area contributed by atoms with Gasteiger partial charge < -0.3 is 15.0 Å². The Hall–Kier alpha value is -3.60. The molecule has 0 saturated carbocycles. The van der Waals surface area contributed by atoms with Crippen LogP contribution in [0.1, 0.15) is 27.9 Å². The zero-order valence-electron chi connectivity index (χ0n) is 16.3. The van der Waals surface area contributed by atoms with Crippen LogP contribution in [-0.4, -0.2) is 23.0 Å². The first-order chi connectivity index (χ1) is 14.2. The molecule has 0 aliphatic carbocycles. The number of hydrogen-bond donors (Lipinski definition) is 2. The van der Waals surface area contributed by atoms with Crippen LogP contribution in [0.15, 0.2) is 73.2 Å². The predicted octanol–water partition coefficient (Wildman–Crippen LogP) is 5.27. The van der Waals surface area contributed by atoms with Crippen LogP contribution >= 0.6 is 0 Å². The highest BCUT2D eigenvalue weighted by Crippen LogP contribution is 2.23. The van der Waals surface area contributed by atoms with Crippen LogP contribution in [0.4, 0.5) is 11.4 Å². The maximum atomic E-state index is 11.9. The van der Waals surface area contributed by atoms with Gasteiger partial charge in [-0.2, -0.15) is 0 Å². The van der Waals surface area contributed by atoms with Gasteiger partial charge in [-0.05, 0) is 54.7 Å². The molecule has 0 fully saturated rings. The molecule has 2 aromatic heterocycles. The maximum Gasteiger partial charge on any atom is 0.341 e. The normalized spacial score (nSPS) is 10.8. The Kier molecular flexibility index (Phi) is 5.56. The predicted molar refractivity (Wildman–Crippen MR) is 116 cm³/mol. The summed E-state index contributed by atoms with van der Waals surface area (Å²) in [6.07, 6.45) is 8.42. The number of nitrogens with one attached hydrogen (secondary N) is 2. The second-order valence-electron chi connectivity index (χ2n) is 6.95. The number of pyridine rings is 1. The molecular weight excluding hydrogens is 362 g/mol. The molecule has 0 aliphatic rings. The lowest BCUT2D eigenvalue weighted by Crippen LogP contribution is -2.06. The second kappa shape index (κ2) is 8.61. The Morgan fingerprint density at radius 2 is 1.90 bits per heavy atom. The molecule has 0 spiro atoms. The van der Waals surface area contributed by atoms with E-state index in [1.807, 2.05) is 12.1 Å². The summed E-state index contributed by atoms with van der Waals surface area (Å²) in [4.78, 5) is 19.2. The summed E-state index contributed by atoms with van der Waals surface area (Å²) < 4.78 is 4.81.